The van der Waals surface area contributed by atoms with Crippen LogP contribution in [0.1, 0.15) is 89.2 Å². The number of hydrogen-bond donors (Lipinski definition) is 2. The standard InChI is InChI=1S/C22H36O2/c1-4-5-14-22(2,3)19-11-8-18(9-12-19)21-16-20(24)13-10-17(21)7-6-15-23/h8-9,11-12,17,20-21,23-24H,4-7,10,13-16H2,1-3H3. The van der Waals surface area contributed by atoms with Gasteiger partial charge in [-0.15, -0.1) is 0 Å². The number of benzene rings is 1. The van der Waals surface area contributed by atoms with Gasteiger partial charge in [-0.3, -0.25) is 0 Å². The summed E-state index contributed by atoms with van der Waals surface area (Å²) in [7, 11) is 0. The minimum Gasteiger partial charge on any atom is -0.396 e. The molecule has 0 saturated heterocycles. The van der Waals surface area contributed by atoms with Crippen LogP contribution in [0, 0.1) is 5.92 Å². The minimum atomic E-state index is -0.166. The van der Waals surface area contributed by atoms with E-state index in [0.29, 0.717) is 11.8 Å². The van der Waals surface area contributed by atoms with Crippen molar-refractivity contribution in [2.75, 3.05) is 6.61 Å². The molecule has 3 unspecified atom stereocenters. The third-order valence-corrected chi connectivity index (χ3v) is 5.97. The minimum absolute atomic E-state index is 0.166. The van der Waals surface area contributed by atoms with Crippen molar-refractivity contribution in [2.24, 2.45) is 5.92 Å². The molecule has 2 nitrogen and oxygen atoms in total. The zero-order chi connectivity index (χ0) is 17.6. The molecule has 0 radical (unpaired) electrons. The Morgan fingerprint density at radius 3 is 2.42 bits per heavy atom. The highest BCUT2D eigenvalue weighted by Crippen LogP contribution is 2.41. The lowest BCUT2D eigenvalue weighted by molar-refractivity contribution is 0.0885. The molecular weight excluding hydrogens is 296 g/mol. The van der Waals surface area contributed by atoms with Gasteiger partial charge >= 0.3 is 0 Å². The first-order valence-corrected chi connectivity index (χ1v) is 9.87. The van der Waals surface area contributed by atoms with Crippen LogP contribution < -0.4 is 0 Å². The second-order valence-electron chi connectivity index (χ2n) is 8.31. The molecule has 0 aromatic heterocycles. The third-order valence-electron chi connectivity index (χ3n) is 5.97. The van der Waals surface area contributed by atoms with Gasteiger partial charge in [-0.2, -0.15) is 0 Å². The van der Waals surface area contributed by atoms with E-state index < -0.39 is 0 Å². The fraction of sp³-hybridized carbons (Fsp3) is 0.727. The Hall–Kier alpha value is -0.860. The lowest BCUT2D eigenvalue weighted by Crippen LogP contribution is -2.27. The quantitative estimate of drug-likeness (QED) is 0.689. The maximum atomic E-state index is 10.1. The van der Waals surface area contributed by atoms with Gasteiger partial charge in [0, 0.05) is 6.61 Å². The van der Waals surface area contributed by atoms with Crippen LogP contribution >= 0.6 is 0 Å². The van der Waals surface area contributed by atoms with Gasteiger partial charge in [0.2, 0.25) is 0 Å². The molecule has 0 spiro atoms. The second-order valence-corrected chi connectivity index (χ2v) is 8.31. The molecule has 1 saturated carbocycles. The van der Waals surface area contributed by atoms with Crippen LogP contribution in [-0.2, 0) is 5.41 Å². The van der Waals surface area contributed by atoms with E-state index in [9.17, 15) is 5.11 Å². The Bertz CT molecular complexity index is 475. The van der Waals surface area contributed by atoms with Gasteiger partial charge in [0.15, 0.2) is 0 Å². The van der Waals surface area contributed by atoms with Crippen molar-refractivity contribution >= 4 is 0 Å². The van der Waals surface area contributed by atoms with E-state index in [1.807, 2.05) is 0 Å². The van der Waals surface area contributed by atoms with Crippen molar-refractivity contribution in [3.05, 3.63) is 35.4 Å². The van der Waals surface area contributed by atoms with Crippen molar-refractivity contribution in [3.63, 3.8) is 0 Å². The highest BCUT2D eigenvalue weighted by Gasteiger charge is 2.30. The Morgan fingerprint density at radius 2 is 1.79 bits per heavy atom. The van der Waals surface area contributed by atoms with Crippen molar-refractivity contribution < 1.29 is 10.2 Å². The van der Waals surface area contributed by atoms with E-state index in [1.54, 1.807) is 0 Å². The lowest BCUT2D eigenvalue weighted by Gasteiger charge is -2.35. The zero-order valence-electron chi connectivity index (χ0n) is 15.8. The molecule has 1 aliphatic carbocycles. The van der Waals surface area contributed by atoms with E-state index >= 15 is 0 Å². The van der Waals surface area contributed by atoms with Crippen molar-refractivity contribution in [3.8, 4) is 0 Å². The van der Waals surface area contributed by atoms with Crippen molar-refractivity contribution in [2.45, 2.75) is 89.6 Å². The summed E-state index contributed by atoms with van der Waals surface area (Å²) in [5.74, 6) is 1.03. The Labute approximate surface area is 148 Å². The van der Waals surface area contributed by atoms with Gasteiger partial charge in [0.05, 0.1) is 6.10 Å². The topological polar surface area (TPSA) is 40.5 Å². The van der Waals surface area contributed by atoms with Gasteiger partial charge in [0.1, 0.15) is 0 Å². The van der Waals surface area contributed by atoms with Crippen LogP contribution in [0.4, 0.5) is 0 Å². The Morgan fingerprint density at radius 1 is 1.08 bits per heavy atom. The summed E-state index contributed by atoms with van der Waals surface area (Å²) in [5.41, 5.74) is 3.02. The molecule has 1 aliphatic rings. The first-order valence-electron chi connectivity index (χ1n) is 9.87. The number of unbranched alkanes of at least 4 members (excludes halogenated alkanes) is 1. The summed E-state index contributed by atoms with van der Waals surface area (Å²) in [4.78, 5) is 0. The van der Waals surface area contributed by atoms with E-state index in [1.165, 1.54) is 30.4 Å². The average molecular weight is 333 g/mol. The van der Waals surface area contributed by atoms with E-state index in [-0.39, 0.29) is 18.1 Å². The molecule has 1 fully saturated rings. The summed E-state index contributed by atoms with van der Waals surface area (Å²) < 4.78 is 0. The molecule has 136 valence electrons. The molecule has 1 aromatic carbocycles. The molecule has 1 aromatic rings. The monoisotopic (exact) mass is 332 g/mol. The fourth-order valence-corrected chi connectivity index (χ4v) is 4.26. The SMILES string of the molecule is CCCCC(C)(C)c1ccc(C2CC(O)CCC2CCCO)cc1. The van der Waals surface area contributed by atoms with Crippen LogP contribution in [0.25, 0.3) is 0 Å². The molecule has 0 aliphatic heterocycles. The number of aliphatic hydroxyl groups is 2. The average Bonchev–Trinajstić information content (AvgIpc) is 2.59. The fourth-order valence-electron chi connectivity index (χ4n) is 4.26. The van der Waals surface area contributed by atoms with Crippen molar-refractivity contribution in [1.82, 2.24) is 0 Å². The van der Waals surface area contributed by atoms with Gasteiger partial charge in [0.25, 0.3) is 0 Å². The zero-order valence-corrected chi connectivity index (χ0v) is 15.8. The highest BCUT2D eigenvalue weighted by atomic mass is 16.3. The van der Waals surface area contributed by atoms with E-state index in [0.717, 1.165) is 32.1 Å². The second kappa shape index (κ2) is 9.01. The highest BCUT2D eigenvalue weighted by molar-refractivity contribution is 5.30. The van der Waals surface area contributed by atoms with Gasteiger partial charge < -0.3 is 10.2 Å². The van der Waals surface area contributed by atoms with E-state index in [2.05, 4.69) is 45.0 Å². The molecule has 0 amide bonds. The van der Waals surface area contributed by atoms with Crippen LogP contribution in [0.15, 0.2) is 24.3 Å². The number of hydrogen-bond acceptors (Lipinski definition) is 2. The van der Waals surface area contributed by atoms with Crippen LogP contribution in [0.3, 0.4) is 0 Å². The summed E-state index contributed by atoms with van der Waals surface area (Å²) in [6, 6.07) is 9.18. The van der Waals surface area contributed by atoms with Crippen LogP contribution in [0.2, 0.25) is 0 Å². The summed E-state index contributed by atoms with van der Waals surface area (Å²) in [6.07, 6.45) is 8.38. The van der Waals surface area contributed by atoms with Gasteiger partial charge in [-0.1, -0.05) is 57.9 Å². The Kier molecular flexibility index (Phi) is 7.31. The molecule has 0 heterocycles. The molecule has 2 heteroatoms. The smallest absolute Gasteiger partial charge is 0.0546 e. The van der Waals surface area contributed by atoms with Crippen LogP contribution in [0.5, 0.6) is 0 Å². The van der Waals surface area contributed by atoms with Crippen molar-refractivity contribution in [1.29, 1.82) is 0 Å². The molecule has 0 bridgehead atoms. The summed E-state index contributed by atoms with van der Waals surface area (Å²) in [6.45, 7) is 7.20. The normalized spacial score (nSPS) is 25.0. The molecule has 24 heavy (non-hydrogen) atoms. The third kappa shape index (κ3) is 5.07. The predicted octanol–water partition coefficient (Wildman–Crippen LogP) is 5.17. The largest absolute Gasteiger partial charge is 0.396 e. The molecular formula is C22H36O2. The molecule has 3 atom stereocenters. The summed E-state index contributed by atoms with van der Waals surface area (Å²) >= 11 is 0. The lowest BCUT2D eigenvalue weighted by atomic mass is 9.72. The van der Waals surface area contributed by atoms with Gasteiger partial charge in [-0.05, 0) is 66.9 Å². The van der Waals surface area contributed by atoms with Crippen LogP contribution in [-0.4, -0.2) is 22.9 Å². The maximum Gasteiger partial charge on any atom is 0.0546 e. The number of rotatable bonds is 8. The Balaban J connectivity index is 2.11. The van der Waals surface area contributed by atoms with Gasteiger partial charge in [-0.25, -0.2) is 0 Å². The first-order chi connectivity index (χ1) is 11.5. The van der Waals surface area contributed by atoms with E-state index in [4.69, 9.17) is 5.11 Å². The maximum absolute atomic E-state index is 10.1. The molecule has 2 rings (SSSR count). The number of aliphatic hydroxyl groups excluding tert-OH is 2. The predicted molar refractivity (Wildman–Crippen MR) is 101 cm³/mol. The molecule has 2 N–H and O–H groups in total. The summed E-state index contributed by atoms with van der Waals surface area (Å²) in [5, 5.41) is 19.3. The first kappa shape index (κ1) is 19.5.